The predicted molar refractivity (Wildman–Crippen MR) is 79.9 cm³/mol. The van der Waals surface area contributed by atoms with Crippen LogP contribution in [0.15, 0.2) is 46.2 Å². The van der Waals surface area contributed by atoms with Gasteiger partial charge in [0.2, 0.25) is 0 Å². The molecule has 0 radical (unpaired) electrons. The van der Waals surface area contributed by atoms with Crippen molar-refractivity contribution in [2.45, 2.75) is 19.9 Å². The second-order valence-electron chi connectivity index (χ2n) is 4.59. The van der Waals surface area contributed by atoms with Gasteiger partial charge in [-0.2, -0.15) is 4.89 Å². The Morgan fingerprint density at radius 1 is 1.29 bits per heavy atom. The highest BCUT2D eigenvalue weighted by molar-refractivity contribution is 5.77. The summed E-state index contributed by atoms with van der Waals surface area (Å²) in [5.41, 5.74) is -0.0473. The third kappa shape index (κ3) is 3.05. The average molecular weight is 290 g/mol. The van der Waals surface area contributed by atoms with Crippen molar-refractivity contribution in [1.29, 1.82) is 0 Å². The summed E-state index contributed by atoms with van der Waals surface area (Å²) in [7, 11) is 1.64. The lowest BCUT2D eigenvalue weighted by molar-refractivity contribution is -0.259. The van der Waals surface area contributed by atoms with E-state index in [1.165, 1.54) is 9.13 Å². The first-order chi connectivity index (χ1) is 10.1. The van der Waals surface area contributed by atoms with Crippen LogP contribution < -0.4 is 11.2 Å². The van der Waals surface area contributed by atoms with Gasteiger partial charge in [-0.05, 0) is 19.1 Å². The first-order valence-electron chi connectivity index (χ1n) is 6.72. The van der Waals surface area contributed by atoms with Crippen LogP contribution in [0.25, 0.3) is 10.9 Å². The molecule has 0 bridgehead atoms. The molecule has 0 fully saturated rings. The maximum atomic E-state index is 12.4. The first-order valence-corrected chi connectivity index (χ1v) is 6.72. The van der Waals surface area contributed by atoms with Gasteiger partial charge >= 0.3 is 5.69 Å². The lowest BCUT2D eigenvalue weighted by Crippen LogP contribution is -2.39. The summed E-state index contributed by atoms with van der Waals surface area (Å²) in [6, 6.07) is 7.03. The van der Waals surface area contributed by atoms with Crippen LogP contribution in [0.2, 0.25) is 0 Å². The van der Waals surface area contributed by atoms with Crippen molar-refractivity contribution in [3.8, 4) is 0 Å². The molecule has 0 unspecified atom stereocenters. The van der Waals surface area contributed by atoms with E-state index in [9.17, 15) is 9.59 Å². The largest absolute Gasteiger partial charge is 0.343 e. The summed E-state index contributed by atoms with van der Waals surface area (Å²) in [4.78, 5) is 34.3. The monoisotopic (exact) mass is 290 g/mol. The van der Waals surface area contributed by atoms with Crippen LogP contribution in [-0.2, 0) is 23.4 Å². The molecule has 2 rings (SSSR count). The fourth-order valence-electron chi connectivity index (χ4n) is 2.08. The molecule has 0 saturated carbocycles. The third-order valence-electron chi connectivity index (χ3n) is 3.17. The number of fused-ring (bicyclic) bond motifs is 1. The van der Waals surface area contributed by atoms with Crippen LogP contribution >= 0.6 is 0 Å². The normalized spacial score (nSPS) is 10.8. The molecule has 6 nitrogen and oxygen atoms in total. The fourth-order valence-corrected chi connectivity index (χ4v) is 2.08. The van der Waals surface area contributed by atoms with Gasteiger partial charge < -0.3 is 4.89 Å². The second kappa shape index (κ2) is 6.41. The van der Waals surface area contributed by atoms with Gasteiger partial charge in [0.25, 0.3) is 5.56 Å². The Labute approximate surface area is 121 Å². The minimum Gasteiger partial charge on any atom is -0.343 e. The van der Waals surface area contributed by atoms with Gasteiger partial charge in [-0.1, -0.05) is 18.7 Å². The van der Waals surface area contributed by atoms with Gasteiger partial charge in [0, 0.05) is 20.0 Å². The molecule has 0 aliphatic heterocycles. The van der Waals surface area contributed by atoms with Crippen molar-refractivity contribution in [2.24, 2.45) is 7.05 Å². The molecule has 112 valence electrons. The molecule has 0 amide bonds. The number of nitrogens with zero attached hydrogens (tertiary/aromatic N) is 2. The summed E-state index contributed by atoms with van der Waals surface area (Å²) in [6.45, 7) is 6.06. The van der Waals surface area contributed by atoms with Gasteiger partial charge in [0.1, 0.15) is 5.76 Å². The Bertz CT molecular complexity index is 773. The van der Waals surface area contributed by atoms with Crippen LogP contribution in [0.4, 0.5) is 0 Å². The summed E-state index contributed by atoms with van der Waals surface area (Å²) in [6.07, 6.45) is 0.327. The van der Waals surface area contributed by atoms with Crippen molar-refractivity contribution in [3.05, 3.63) is 57.4 Å². The predicted octanol–water partition coefficient (Wildman–Crippen LogP) is 1.57. The Morgan fingerprint density at radius 3 is 2.71 bits per heavy atom. The van der Waals surface area contributed by atoms with E-state index in [1.54, 1.807) is 38.2 Å². The summed E-state index contributed by atoms with van der Waals surface area (Å²) < 4.78 is 2.64. The molecule has 2 aromatic rings. The molecular formula is C15H18N2O4. The van der Waals surface area contributed by atoms with E-state index < -0.39 is 0 Å². The zero-order valence-corrected chi connectivity index (χ0v) is 12.2. The lowest BCUT2D eigenvalue weighted by atomic mass is 10.2. The molecule has 0 aliphatic carbocycles. The van der Waals surface area contributed by atoms with Crippen LogP contribution in [0.5, 0.6) is 0 Å². The Morgan fingerprint density at radius 2 is 2.00 bits per heavy atom. The number of aromatic nitrogens is 2. The van der Waals surface area contributed by atoms with E-state index in [0.717, 1.165) is 0 Å². The van der Waals surface area contributed by atoms with Crippen molar-refractivity contribution in [2.75, 3.05) is 6.61 Å². The first kappa shape index (κ1) is 15.1. The molecule has 21 heavy (non-hydrogen) atoms. The Kier molecular flexibility index (Phi) is 4.59. The number of allylic oxidation sites excluding steroid dienone is 1. The lowest BCUT2D eigenvalue weighted by Gasteiger charge is -2.11. The SMILES string of the molecule is C=C(CCn1c(=O)c2ccccc2n(C)c1=O)OOCC. The quantitative estimate of drug-likeness (QED) is 0.460. The van der Waals surface area contributed by atoms with Gasteiger partial charge in [-0.3, -0.25) is 13.9 Å². The molecule has 0 N–H and O–H groups in total. The molecule has 0 atom stereocenters. The van der Waals surface area contributed by atoms with E-state index >= 15 is 0 Å². The summed E-state index contributed by atoms with van der Waals surface area (Å²) in [5, 5.41) is 0.510. The van der Waals surface area contributed by atoms with E-state index in [2.05, 4.69) is 6.58 Å². The number of para-hydroxylation sites is 1. The number of hydrogen-bond donors (Lipinski definition) is 0. The standard InChI is InChI=1S/C15H18N2O4/c1-4-20-21-11(2)9-10-17-14(18)12-7-5-6-8-13(12)16(3)15(17)19/h5-8H,2,4,9-10H2,1,3H3. The minimum atomic E-state index is -0.358. The summed E-state index contributed by atoms with van der Waals surface area (Å²) in [5.74, 6) is 0.374. The van der Waals surface area contributed by atoms with Gasteiger partial charge in [0.05, 0.1) is 17.5 Å². The van der Waals surface area contributed by atoms with E-state index in [0.29, 0.717) is 29.7 Å². The van der Waals surface area contributed by atoms with E-state index in [1.807, 2.05) is 0 Å². The molecule has 0 aliphatic rings. The number of hydrogen-bond acceptors (Lipinski definition) is 4. The number of aryl methyl sites for hydroxylation is 1. The van der Waals surface area contributed by atoms with Gasteiger partial charge in [-0.15, -0.1) is 0 Å². The van der Waals surface area contributed by atoms with Crippen LogP contribution in [-0.4, -0.2) is 15.7 Å². The van der Waals surface area contributed by atoms with Crippen LogP contribution in [0.3, 0.4) is 0 Å². The van der Waals surface area contributed by atoms with E-state index in [4.69, 9.17) is 9.78 Å². The minimum absolute atomic E-state index is 0.197. The molecule has 0 spiro atoms. The smallest absolute Gasteiger partial charge is 0.331 e. The topological polar surface area (TPSA) is 62.5 Å². The van der Waals surface area contributed by atoms with Crippen molar-refractivity contribution in [1.82, 2.24) is 9.13 Å². The van der Waals surface area contributed by atoms with Crippen LogP contribution in [0, 0.1) is 0 Å². The number of rotatable bonds is 6. The highest BCUT2D eigenvalue weighted by Crippen LogP contribution is 2.07. The fraction of sp³-hybridized carbons (Fsp3) is 0.333. The van der Waals surface area contributed by atoms with Gasteiger partial charge in [-0.25, -0.2) is 4.79 Å². The third-order valence-corrected chi connectivity index (χ3v) is 3.17. The molecule has 1 heterocycles. The highest BCUT2D eigenvalue weighted by atomic mass is 17.2. The number of benzene rings is 1. The highest BCUT2D eigenvalue weighted by Gasteiger charge is 2.10. The zero-order chi connectivity index (χ0) is 15.4. The van der Waals surface area contributed by atoms with Crippen molar-refractivity contribution in [3.63, 3.8) is 0 Å². The molecule has 1 aromatic carbocycles. The Hall–Kier alpha value is -2.34. The second-order valence-corrected chi connectivity index (χ2v) is 4.59. The Balaban J connectivity index is 2.35. The molecule has 1 aromatic heterocycles. The average Bonchev–Trinajstić information content (AvgIpc) is 2.50. The van der Waals surface area contributed by atoms with Crippen LogP contribution in [0.1, 0.15) is 13.3 Å². The van der Waals surface area contributed by atoms with Crippen molar-refractivity contribution >= 4 is 10.9 Å². The molecule has 0 saturated heterocycles. The van der Waals surface area contributed by atoms with E-state index in [-0.39, 0.29) is 17.8 Å². The van der Waals surface area contributed by atoms with Crippen molar-refractivity contribution < 1.29 is 9.78 Å². The maximum absolute atomic E-state index is 12.4. The molecular weight excluding hydrogens is 272 g/mol. The van der Waals surface area contributed by atoms with Gasteiger partial charge in [0.15, 0.2) is 0 Å². The molecule has 6 heteroatoms. The zero-order valence-electron chi connectivity index (χ0n) is 12.2. The maximum Gasteiger partial charge on any atom is 0.331 e. The summed E-state index contributed by atoms with van der Waals surface area (Å²) >= 11 is 0.